The van der Waals surface area contributed by atoms with Gasteiger partial charge in [0.2, 0.25) is 0 Å². The quantitative estimate of drug-likeness (QED) is 0.0726. The van der Waals surface area contributed by atoms with Crippen LogP contribution in [-0.4, -0.2) is 12.3 Å². The summed E-state index contributed by atoms with van der Waals surface area (Å²) in [5.74, 6) is 6.89. The Labute approximate surface area is 246 Å². The molecule has 0 aliphatic heterocycles. The predicted molar refractivity (Wildman–Crippen MR) is 182 cm³/mol. The van der Waals surface area contributed by atoms with Crippen molar-refractivity contribution < 1.29 is 0 Å². The summed E-state index contributed by atoms with van der Waals surface area (Å²) in [7, 11) is -0.490. The van der Waals surface area contributed by atoms with Crippen LogP contribution in [0.15, 0.2) is 121 Å². The van der Waals surface area contributed by atoms with Crippen LogP contribution < -0.4 is 21.2 Å². The molecule has 4 rings (SSSR count). The van der Waals surface area contributed by atoms with Gasteiger partial charge in [-0.1, -0.05) is 147 Å². The molecule has 0 saturated heterocycles. The summed E-state index contributed by atoms with van der Waals surface area (Å²) < 4.78 is 0. The van der Waals surface area contributed by atoms with Crippen LogP contribution in [0.4, 0.5) is 0 Å². The smallest absolute Gasteiger partial charge is 0.00886 e. The van der Waals surface area contributed by atoms with E-state index in [9.17, 15) is 0 Å². The third-order valence-electron chi connectivity index (χ3n) is 7.26. The van der Waals surface area contributed by atoms with Crippen molar-refractivity contribution in [2.24, 2.45) is 0 Å². The maximum absolute atomic E-state index is 3.45. The molecule has 2 heteroatoms. The second-order valence-electron chi connectivity index (χ2n) is 10.3. The summed E-state index contributed by atoms with van der Waals surface area (Å²) in [4.78, 5) is 0. The van der Waals surface area contributed by atoms with Crippen molar-refractivity contribution in [2.45, 2.75) is 64.2 Å². The zero-order valence-corrected chi connectivity index (χ0v) is 25.7. The van der Waals surface area contributed by atoms with E-state index in [1.807, 2.05) is 0 Å². The molecule has 40 heavy (non-hydrogen) atoms. The first-order chi connectivity index (χ1) is 19.9. The molecule has 0 N–H and O–H groups in total. The number of rotatable bonds is 16. The van der Waals surface area contributed by atoms with Gasteiger partial charge in [0.15, 0.2) is 0 Å². The minimum absolute atomic E-state index is 0.245. The first kappa shape index (κ1) is 30.3. The van der Waals surface area contributed by atoms with Gasteiger partial charge < -0.3 is 0 Å². The van der Waals surface area contributed by atoms with E-state index >= 15 is 0 Å². The van der Waals surface area contributed by atoms with Crippen LogP contribution in [0.2, 0.25) is 0 Å². The minimum atomic E-state index is -0.245. The summed E-state index contributed by atoms with van der Waals surface area (Å²) in [6, 6.07) is 44.4. The van der Waals surface area contributed by atoms with Gasteiger partial charge in [0, 0.05) is 12.8 Å². The lowest BCUT2D eigenvalue weighted by Crippen LogP contribution is -2.13. The molecule has 0 bridgehead atoms. The van der Waals surface area contributed by atoms with Crippen LogP contribution in [0.25, 0.3) is 0 Å². The van der Waals surface area contributed by atoms with E-state index in [4.69, 9.17) is 0 Å². The maximum Gasteiger partial charge on any atom is 0.00886 e. The zero-order valence-electron chi connectivity index (χ0n) is 23.9. The molecule has 0 aliphatic carbocycles. The van der Waals surface area contributed by atoms with Gasteiger partial charge in [0.05, 0.1) is 0 Å². The monoisotopic (exact) mass is 562 g/mol. The van der Waals surface area contributed by atoms with Gasteiger partial charge in [-0.05, 0) is 75.1 Å². The van der Waals surface area contributed by atoms with Gasteiger partial charge in [-0.3, -0.25) is 0 Å². The fourth-order valence-electron chi connectivity index (χ4n) is 5.10. The summed E-state index contributed by atoms with van der Waals surface area (Å²) in [6.45, 7) is 0. The Morgan fingerprint density at radius 3 is 0.900 bits per heavy atom. The molecule has 0 radical (unpaired) electrons. The lowest BCUT2D eigenvalue weighted by Gasteiger charge is -2.18. The van der Waals surface area contributed by atoms with Crippen molar-refractivity contribution in [2.75, 3.05) is 12.3 Å². The van der Waals surface area contributed by atoms with Gasteiger partial charge in [-0.25, -0.2) is 0 Å². The second kappa shape index (κ2) is 18.6. The van der Waals surface area contributed by atoms with E-state index in [-0.39, 0.29) is 15.8 Å². The average molecular weight is 563 g/mol. The molecule has 4 aromatic carbocycles. The van der Waals surface area contributed by atoms with Gasteiger partial charge in [0.1, 0.15) is 0 Å². The van der Waals surface area contributed by atoms with Crippen LogP contribution in [-0.2, 0) is 0 Å². The van der Waals surface area contributed by atoms with Crippen molar-refractivity contribution in [1.82, 2.24) is 0 Å². The molecular weight excluding hydrogens is 518 g/mol. The Morgan fingerprint density at radius 1 is 0.325 bits per heavy atom. The lowest BCUT2D eigenvalue weighted by molar-refractivity contribution is 0.677. The van der Waals surface area contributed by atoms with Gasteiger partial charge >= 0.3 is 0 Å². The normalized spacial score (nSPS) is 10.9. The van der Waals surface area contributed by atoms with Crippen molar-refractivity contribution in [3.8, 4) is 11.8 Å². The average Bonchev–Trinajstić information content (AvgIpc) is 3.03. The van der Waals surface area contributed by atoms with Crippen molar-refractivity contribution >= 4 is 37.1 Å². The minimum Gasteiger partial charge on any atom is -0.103 e. The van der Waals surface area contributed by atoms with Crippen LogP contribution >= 0.6 is 15.8 Å². The summed E-state index contributed by atoms with van der Waals surface area (Å²) in [6.07, 6.45) is 15.0. The Balaban J connectivity index is 1.06. The Kier molecular flexibility index (Phi) is 14.1. The first-order valence-corrected chi connectivity index (χ1v) is 18.2. The number of benzene rings is 4. The van der Waals surface area contributed by atoms with E-state index in [1.54, 1.807) is 0 Å². The molecule has 0 fully saturated rings. The second-order valence-corrected chi connectivity index (χ2v) is 15.0. The van der Waals surface area contributed by atoms with E-state index in [0.717, 1.165) is 12.8 Å². The van der Waals surface area contributed by atoms with E-state index in [0.29, 0.717) is 0 Å². The Bertz CT molecular complexity index is 1070. The van der Waals surface area contributed by atoms with Crippen LogP contribution in [0, 0.1) is 11.8 Å². The highest BCUT2D eigenvalue weighted by atomic mass is 31.1. The zero-order chi connectivity index (χ0) is 27.5. The largest absolute Gasteiger partial charge is 0.103 e. The highest BCUT2D eigenvalue weighted by Gasteiger charge is 2.13. The molecule has 206 valence electrons. The van der Waals surface area contributed by atoms with Crippen LogP contribution in [0.3, 0.4) is 0 Å². The standard InChI is InChI=1S/C38H44P2/c1(3-5-7-9-23-33-39(35-25-15-11-16-26-35)36-27-17-12-18-28-36)2-4-6-8-10-24-34-40(37-29-19-13-20-30-37)38-31-21-14-22-32-38/h11-22,25-32H,3-10,23-24,33-34H2. The number of unbranched alkanes of at least 4 members (excludes halogenated alkanes) is 8. The molecule has 0 amide bonds. The molecule has 0 spiro atoms. The van der Waals surface area contributed by atoms with Crippen LogP contribution in [0.5, 0.6) is 0 Å². The van der Waals surface area contributed by atoms with Crippen LogP contribution in [0.1, 0.15) is 64.2 Å². The molecule has 0 saturated carbocycles. The lowest BCUT2D eigenvalue weighted by atomic mass is 10.1. The third kappa shape index (κ3) is 10.7. The fraction of sp³-hybridized carbons (Fsp3) is 0.316. The summed E-state index contributed by atoms with van der Waals surface area (Å²) >= 11 is 0. The molecule has 0 unspecified atom stereocenters. The first-order valence-electron chi connectivity index (χ1n) is 15.1. The summed E-state index contributed by atoms with van der Waals surface area (Å²) in [5, 5.41) is 6.01. The van der Waals surface area contributed by atoms with Crippen molar-refractivity contribution in [3.05, 3.63) is 121 Å². The molecule has 0 nitrogen and oxygen atoms in total. The van der Waals surface area contributed by atoms with E-state index < -0.39 is 0 Å². The predicted octanol–water partition coefficient (Wildman–Crippen LogP) is 9.16. The highest BCUT2D eigenvalue weighted by molar-refractivity contribution is 7.73. The Morgan fingerprint density at radius 2 is 0.600 bits per heavy atom. The SMILES string of the molecule is C(#CCCCCCCP(c1ccccc1)c1ccccc1)CCCCCCP(c1ccccc1)c1ccccc1. The van der Waals surface area contributed by atoms with E-state index in [2.05, 4.69) is 133 Å². The molecule has 0 heterocycles. The van der Waals surface area contributed by atoms with Crippen molar-refractivity contribution in [3.63, 3.8) is 0 Å². The molecular formula is C38H44P2. The maximum atomic E-state index is 3.45. The number of hydrogen-bond acceptors (Lipinski definition) is 0. The van der Waals surface area contributed by atoms with Gasteiger partial charge in [-0.15, -0.1) is 11.8 Å². The fourth-order valence-corrected chi connectivity index (χ4v) is 9.93. The topological polar surface area (TPSA) is 0 Å². The summed E-state index contributed by atoms with van der Waals surface area (Å²) in [5.41, 5.74) is 0. The molecule has 0 aliphatic rings. The molecule has 4 aromatic rings. The molecule has 0 atom stereocenters. The third-order valence-corrected chi connectivity index (χ3v) is 12.5. The number of hydrogen-bond donors (Lipinski definition) is 0. The Hall–Kier alpha value is -2.70. The van der Waals surface area contributed by atoms with Gasteiger partial charge in [0.25, 0.3) is 0 Å². The van der Waals surface area contributed by atoms with E-state index in [1.165, 1.54) is 84.9 Å². The highest BCUT2D eigenvalue weighted by Crippen LogP contribution is 2.35. The van der Waals surface area contributed by atoms with Crippen molar-refractivity contribution in [1.29, 1.82) is 0 Å². The van der Waals surface area contributed by atoms with Gasteiger partial charge in [-0.2, -0.15) is 0 Å². The molecule has 0 aromatic heterocycles.